The average molecular weight is 591 g/mol. The van der Waals surface area contributed by atoms with E-state index in [1.165, 1.54) is 0 Å². The molecule has 1 unspecified atom stereocenters. The molecule has 0 N–H and O–H groups in total. The van der Waals surface area contributed by atoms with E-state index < -0.39 is 5.60 Å². The van der Waals surface area contributed by atoms with Gasteiger partial charge in [0.05, 0.1) is 25.0 Å². The Balaban J connectivity index is 1.33. The molecule has 2 fully saturated rings. The van der Waals surface area contributed by atoms with Crippen LogP contribution in [0.5, 0.6) is 11.6 Å². The van der Waals surface area contributed by atoms with Crippen molar-refractivity contribution in [2.24, 2.45) is 5.41 Å². The number of benzene rings is 1. The van der Waals surface area contributed by atoms with E-state index in [2.05, 4.69) is 39.1 Å². The van der Waals surface area contributed by atoms with Gasteiger partial charge in [-0.25, -0.2) is 4.79 Å². The minimum atomic E-state index is -0.541. The van der Waals surface area contributed by atoms with E-state index in [9.17, 15) is 4.79 Å². The molecule has 1 aliphatic heterocycles. The largest absolute Gasteiger partial charge is 0.480 e. The highest BCUT2D eigenvalue weighted by Crippen LogP contribution is 2.44. The van der Waals surface area contributed by atoms with E-state index in [0.717, 1.165) is 48.3 Å². The fourth-order valence-electron chi connectivity index (χ4n) is 5.90. The van der Waals surface area contributed by atoms with Crippen molar-refractivity contribution >= 4 is 11.9 Å². The average Bonchev–Trinajstić information content (AvgIpc) is 3.44. The zero-order chi connectivity index (χ0) is 30.8. The molecule has 2 aliphatic rings. The summed E-state index contributed by atoms with van der Waals surface area (Å²) in [5.74, 6) is 1.81. The Morgan fingerprint density at radius 2 is 1.81 bits per heavy atom. The summed E-state index contributed by atoms with van der Waals surface area (Å²) in [6, 6.07) is 11.8. The normalized spacial score (nSPS) is 18.2. The van der Waals surface area contributed by atoms with Crippen molar-refractivity contribution in [3.05, 3.63) is 42.6 Å². The van der Waals surface area contributed by atoms with E-state index >= 15 is 0 Å². The van der Waals surface area contributed by atoms with Crippen LogP contribution in [-0.4, -0.2) is 83.2 Å². The molecule has 43 heavy (non-hydrogen) atoms. The Labute approximate surface area is 253 Å². The molecule has 3 heterocycles. The molecule has 11 nitrogen and oxygen atoms in total. The Hall–Kier alpha value is -3.99. The van der Waals surface area contributed by atoms with Crippen molar-refractivity contribution in [3.63, 3.8) is 0 Å². The van der Waals surface area contributed by atoms with E-state index in [1.54, 1.807) is 20.4 Å². The van der Waals surface area contributed by atoms with Crippen LogP contribution in [0.1, 0.15) is 53.9 Å². The summed E-state index contributed by atoms with van der Waals surface area (Å²) in [5.41, 5.74) is 2.90. The quantitative estimate of drug-likeness (QED) is 0.292. The minimum Gasteiger partial charge on any atom is -0.480 e. The smallest absolute Gasteiger partial charge is 0.410 e. The zero-order valence-corrected chi connectivity index (χ0v) is 26.2. The molecule has 3 aromatic rings. The summed E-state index contributed by atoms with van der Waals surface area (Å²) >= 11 is 0. The standard InChI is InChI=1S/C32H42N6O5/c1-31(2,3)43-30(39)38(24-16-32(4,5)17-24)23-12-13-37(19-23)28-11-10-26(34-35-28)25-9-8-21(14-27(25)42-20-40-6)22-15-29(41-7)36-33-18-22/h8-11,14-15,18,23-24H,12-13,16-17,19-20H2,1-7H3. The van der Waals surface area contributed by atoms with Crippen LogP contribution in [0.2, 0.25) is 0 Å². The number of hydrogen-bond acceptors (Lipinski definition) is 10. The number of hydrogen-bond donors (Lipinski definition) is 0. The van der Waals surface area contributed by atoms with Gasteiger partial charge in [0.15, 0.2) is 12.6 Å². The fourth-order valence-corrected chi connectivity index (χ4v) is 5.90. The van der Waals surface area contributed by atoms with Crippen molar-refractivity contribution in [2.75, 3.05) is 39.0 Å². The number of nitrogens with zero attached hydrogens (tertiary/aromatic N) is 6. The van der Waals surface area contributed by atoms with Crippen molar-refractivity contribution in [2.45, 2.75) is 71.6 Å². The Morgan fingerprint density at radius 1 is 1.02 bits per heavy atom. The maximum atomic E-state index is 13.3. The van der Waals surface area contributed by atoms with E-state index in [-0.39, 0.29) is 30.4 Å². The molecule has 2 aromatic heterocycles. The van der Waals surface area contributed by atoms with Gasteiger partial charge >= 0.3 is 6.09 Å². The Morgan fingerprint density at radius 3 is 2.47 bits per heavy atom. The first-order valence-electron chi connectivity index (χ1n) is 14.7. The van der Waals surface area contributed by atoms with Gasteiger partial charge in [0.25, 0.3) is 0 Å². The predicted octanol–water partition coefficient (Wildman–Crippen LogP) is 5.60. The second kappa shape index (κ2) is 12.3. The summed E-state index contributed by atoms with van der Waals surface area (Å²) in [4.78, 5) is 17.5. The minimum absolute atomic E-state index is 0.0558. The lowest BCUT2D eigenvalue weighted by molar-refractivity contribution is -0.0291. The van der Waals surface area contributed by atoms with Crippen LogP contribution in [0.3, 0.4) is 0 Å². The van der Waals surface area contributed by atoms with Gasteiger partial charge in [0.1, 0.15) is 11.4 Å². The maximum Gasteiger partial charge on any atom is 0.410 e. The summed E-state index contributed by atoms with van der Waals surface area (Å²) in [7, 11) is 3.13. The lowest BCUT2D eigenvalue weighted by Crippen LogP contribution is -2.56. The van der Waals surface area contributed by atoms with E-state index in [0.29, 0.717) is 23.9 Å². The lowest BCUT2D eigenvalue weighted by atomic mass is 9.67. The van der Waals surface area contributed by atoms with Crippen molar-refractivity contribution in [3.8, 4) is 34.0 Å². The van der Waals surface area contributed by atoms with Crippen molar-refractivity contribution in [1.82, 2.24) is 25.3 Å². The molecule has 230 valence electrons. The number of aromatic nitrogens is 4. The van der Waals surface area contributed by atoms with Gasteiger partial charge in [-0.15, -0.1) is 15.3 Å². The monoisotopic (exact) mass is 590 g/mol. The number of ether oxygens (including phenoxy) is 4. The first-order chi connectivity index (χ1) is 20.5. The number of anilines is 1. The fraction of sp³-hybridized carbons (Fsp3) is 0.531. The molecule has 1 aliphatic carbocycles. The van der Waals surface area contributed by atoms with Gasteiger partial charge in [-0.1, -0.05) is 19.9 Å². The molecule has 1 amide bonds. The van der Waals surface area contributed by atoms with Gasteiger partial charge in [0.2, 0.25) is 5.88 Å². The summed E-state index contributed by atoms with van der Waals surface area (Å²) in [6.45, 7) is 11.8. The summed E-state index contributed by atoms with van der Waals surface area (Å²) in [6.07, 6.45) is 4.26. The lowest BCUT2D eigenvalue weighted by Gasteiger charge is -2.50. The first kappa shape index (κ1) is 30.5. The molecule has 1 aromatic carbocycles. The van der Waals surface area contributed by atoms with E-state index in [4.69, 9.17) is 18.9 Å². The van der Waals surface area contributed by atoms with Crippen LogP contribution in [-0.2, 0) is 9.47 Å². The van der Waals surface area contributed by atoms with Crippen molar-refractivity contribution < 1.29 is 23.7 Å². The molecule has 0 radical (unpaired) electrons. The summed E-state index contributed by atoms with van der Waals surface area (Å²) in [5, 5.41) is 17.1. The zero-order valence-electron chi connectivity index (χ0n) is 26.2. The SMILES string of the molecule is COCOc1cc(-c2cnnc(OC)c2)ccc1-c1ccc(N2CCC(N(C(=O)OC(C)(C)C)C3CC(C)(C)C3)C2)nn1. The van der Waals surface area contributed by atoms with Crippen molar-refractivity contribution in [1.29, 1.82) is 0 Å². The topological polar surface area (TPSA) is 112 Å². The number of amides is 1. The van der Waals surface area contributed by atoms with Gasteiger partial charge in [-0.05, 0) is 75.3 Å². The van der Waals surface area contributed by atoms with Crippen LogP contribution < -0.4 is 14.4 Å². The molecular formula is C32H42N6O5. The van der Waals surface area contributed by atoms with Gasteiger partial charge < -0.3 is 28.7 Å². The third-order valence-electron chi connectivity index (χ3n) is 7.87. The maximum absolute atomic E-state index is 13.3. The molecule has 5 rings (SSSR count). The van der Waals surface area contributed by atoms with Crippen LogP contribution in [0.25, 0.3) is 22.4 Å². The Bertz CT molecular complexity index is 1420. The van der Waals surface area contributed by atoms with E-state index in [1.807, 2.05) is 62.1 Å². The highest BCUT2D eigenvalue weighted by molar-refractivity contribution is 5.75. The predicted molar refractivity (Wildman–Crippen MR) is 163 cm³/mol. The van der Waals surface area contributed by atoms with Gasteiger partial charge in [0, 0.05) is 43.4 Å². The van der Waals surface area contributed by atoms with Crippen LogP contribution in [0, 0.1) is 5.41 Å². The molecule has 1 saturated carbocycles. The van der Waals surface area contributed by atoms with Crippen LogP contribution in [0.15, 0.2) is 42.6 Å². The number of rotatable bonds is 9. The highest BCUT2D eigenvalue weighted by Gasteiger charge is 2.46. The van der Waals surface area contributed by atoms with Gasteiger partial charge in [-0.3, -0.25) is 0 Å². The van der Waals surface area contributed by atoms with Gasteiger partial charge in [-0.2, -0.15) is 5.10 Å². The third kappa shape index (κ3) is 7.15. The van der Waals surface area contributed by atoms with Crippen LogP contribution >= 0.6 is 0 Å². The Kier molecular flexibility index (Phi) is 8.73. The molecule has 1 saturated heterocycles. The molecule has 1 atom stereocenters. The van der Waals surface area contributed by atoms with Crippen LogP contribution in [0.4, 0.5) is 10.6 Å². The number of carbonyl (C=O) groups excluding carboxylic acids is 1. The molecule has 11 heteroatoms. The number of methoxy groups -OCH3 is 2. The third-order valence-corrected chi connectivity index (χ3v) is 7.87. The second-order valence-electron chi connectivity index (χ2n) is 13.0. The number of carbonyl (C=O) groups is 1. The molecular weight excluding hydrogens is 548 g/mol. The molecule has 0 spiro atoms. The summed E-state index contributed by atoms with van der Waals surface area (Å²) < 4.78 is 22.2. The first-order valence-corrected chi connectivity index (χ1v) is 14.7. The second-order valence-corrected chi connectivity index (χ2v) is 13.0. The highest BCUT2D eigenvalue weighted by atomic mass is 16.7. The molecule has 0 bridgehead atoms.